The number of benzene rings is 2. The summed E-state index contributed by atoms with van der Waals surface area (Å²) in [5, 5.41) is 3.22. The zero-order valence-electron chi connectivity index (χ0n) is 19.5. The quantitative estimate of drug-likeness (QED) is 0.619. The summed E-state index contributed by atoms with van der Waals surface area (Å²) < 4.78 is 10.6. The van der Waals surface area contributed by atoms with Crippen LogP contribution in [0.2, 0.25) is 0 Å². The molecule has 0 unspecified atom stereocenters. The lowest BCUT2D eigenvalue weighted by molar-refractivity contribution is -0.137. The molecule has 0 radical (unpaired) electrons. The summed E-state index contributed by atoms with van der Waals surface area (Å²) in [6, 6.07) is 15.3. The molecule has 174 valence electrons. The van der Waals surface area contributed by atoms with E-state index < -0.39 is 0 Å². The number of piperidine rings is 1. The first-order chi connectivity index (χ1) is 16.0. The van der Waals surface area contributed by atoms with Crippen LogP contribution >= 0.6 is 0 Å². The Morgan fingerprint density at radius 1 is 0.970 bits per heavy atom. The highest BCUT2D eigenvalue weighted by Crippen LogP contribution is 2.35. The van der Waals surface area contributed by atoms with Crippen LogP contribution in [0.3, 0.4) is 0 Å². The summed E-state index contributed by atoms with van der Waals surface area (Å²) >= 11 is 0. The van der Waals surface area contributed by atoms with Crippen LogP contribution in [0.15, 0.2) is 54.2 Å². The molecule has 0 spiro atoms. The number of methoxy groups -OCH3 is 2. The van der Waals surface area contributed by atoms with Gasteiger partial charge >= 0.3 is 0 Å². The van der Waals surface area contributed by atoms with Crippen LogP contribution in [0, 0.1) is 5.92 Å². The number of amides is 2. The van der Waals surface area contributed by atoms with E-state index in [2.05, 4.69) is 29.3 Å². The number of rotatable bonds is 8. The van der Waals surface area contributed by atoms with Crippen LogP contribution in [0.5, 0.6) is 5.75 Å². The van der Waals surface area contributed by atoms with Crippen LogP contribution in [0.4, 0.5) is 11.4 Å². The molecule has 0 saturated carbocycles. The summed E-state index contributed by atoms with van der Waals surface area (Å²) in [4.78, 5) is 30.1. The standard InChI is InChI=1S/C26H31N3O4/c1-18-12-14-28(15-13-18)20-10-8-19(9-11-20)27-24-23(21-6-4-5-7-22(21)33-3)25(30)29(26(24)31)16-17-32-2/h4-11,18,27H,12-17H2,1-3H3. The van der Waals surface area contributed by atoms with Crippen molar-refractivity contribution in [3.63, 3.8) is 0 Å². The lowest BCUT2D eigenvalue weighted by Crippen LogP contribution is -2.35. The van der Waals surface area contributed by atoms with Crippen LogP contribution in [-0.2, 0) is 14.3 Å². The topological polar surface area (TPSA) is 71.1 Å². The molecule has 0 aromatic heterocycles. The largest absolute Gasteiger partial charge is 0.496 e. The first kappa shape index (κ1) is 22.9. The SMILES string of the molecule is COCCN1C(=O)C(Nc2ccc(N3CCC(C)CC3)cc2)=C(c2ccccc2OC)C1=O. The molecule has 0 aliphatic carbocycles. The molecule has 2 aliphatic rings. The summed E-state index contributed by atoms with van der Waals surface area (Å²) in [6.45, 7) is 4.86. The molecule has 2 aromatic carbocycles. The second-order valence-electron chi connectivity index (χ2n) is 8.55. The maximum absolute atomic E-state index is 13.3. The zero-order valence-corrected chi connectivity index (χ0v) is 19.5. The van der Waals surface area contributed by atoms with Crippen molar-refractivity contribution in [3.05, 3.63) is 59.8 Å². The smallest absolute Gasteiger partial charge is 0.278 e. The van der Waals surface area contributed by atoms with Gasteiger partial charge in [-0.1, -0.05) is 25.1 Å². The molecule has 1 N–H and O–H groups in total. The van der Waals surface area contributed by atoms with Crippen LogP contribution in [0.25, 0.3) is 5.57 Å². The van der Waals surface area contributed by atoms with Crippen molar-refractivity contribution in [1.29, 1.82) is 0 Å². The predicted molar refractivity (Wildman–Crippen MR) is 129 cm³/mol. The van der Waals surface area contributed by atoms with Crippen molar-refractivity contribution in [1.82, 2.24) is 4.90 Å². The van der Waals surface area contributed by atoms with E-state index in [0.29, 0.717) is 16.9 Å². The van der Waals surface area contributed by atoms with Gasteiger partial charge in [0.1, 0.15) is 11.4 Å². The molecule has 2 amide bonds. The fourth-order valence-corrected chi connectivity index (χ4v) is 4.35. The normalized spacial score (nSPS) is 17.2. The lowest BCUT2D eigenvalue weighted by atomic mass is 9.99. The molecule has 0 atom stereocenters. The van der Waals surface area contributed by atoms with E-state index >= 15 is 0 Å². The average molecular weight is 450 g/mol. The molecule has 1 saturated heterocycles. The second-order valence-corrected chi connectivity index (χ2v) is 8.55. The van der Waals surface area contributed by atoms with E-state index in [1.54, 1.807) is 26.4 Å². The summed E-state index contributed by atoms with van der Waals surface area (Å²) in [5.74, 6) is 0.584. The highest BCUT2D eigenvalue weighted by atomic mass is 16.5. The predicted octanol–water partition coefficient (Wildman–Crippen LogP) is 3.77. The Kier molecular flexibility index (Phi) is 6.99. The van der Waals surface area contributed by atoms with Gasteiger partial charge in [-0.2, -0.15) is 0 Å². The first-order valence-corrected chi connectivity index (χ1v) is 11.4. The van der Waals surface area contributed by atoms with Crippen molar-refractivity contribution in [2.24, 2.45) is 5.92 Å². The first-order valence-electron chi connectivity index (χ1n) is 11.4. The third-order valence-electron chi connectivity index (χ3n) is 6.35. The van der Waals surface area contributed by atoms with Crippen molar-refractivity contribution in [2.45, 2.75) is 19.8 Å². The number of carbonyl (C=O) groups excluding carboxylic acids is 2. The van der Waals surface area contributed by atoms with Gasteiger partial charge in [0, 0.05) is 37.1 Å². The third kappa shape index (κ3) is 4.73. The van der Waals surface area contributed by atoms with Gasteiger partial charge in [0.15, 0.2) is 0 Å². The van der Waals surface area contributed by atoms with Crippen LogP contribution in [-0.4, -0.2) is 57.2 Å². The number of nitrogens with one attached hydrogen (secondary N) is 1. The maximum Gasteiger partial charge on any atom is 0.278 e. The van der Waals surface area contributed by atoms with Gasteiger partial charge in [0.25, 0.3) is 11.8 Å². The maximum atomic E-state index is 13.3. The van der Waals surface area contributed by atoms with Crippen molar-refractivity contribution in [3.8, 4) is 5.75 Å². The summed E-state index contributed by atoms with van der Waals surface area (Å²) in [6.07, 6.45) is 2.39. The monoisotopic (exact) mass is 449 g/mol. The molecular formula is C26H31N3O4. The Bertz CT molecular complexity index is 1040. The van der Waals surface area contributed by atoms with Crippen LogP contribution in [0.1, 0.15) is 25.3 Å². The fraction of sp³-hybridized carbons (Fsp3) is 0.385. The van der Waals surface area contributed by atoms with E-state index in [-0.39, 0.29) is 30.7 Å². The fourth-order valence-electron chi connectivity index (χ4n) is 4.35. The number of ether oxygens (including phenoxy) is 2. The van der Waals surface area contributed by atoms with Gasteiger partial charge < -0.3 is 19.7 Å². The van der Waals surface area contributed by atoms with E-state index in [1.807, 2.05) is 24.3 Å². The van der Waals surface area contributed by atoms with Gasteiger partial charge in [-0.05, 0) is 49.1 Å². The molecule has 0 bridgehead atoms. The minimum Gasteiger partial charge on any atom is -0.496 e. The number of hydrogen-bond acceptors (Lipinski definition) is 6. The molecule has 4 rings (SSSR count). The number of imide groups is 1. The third-order valence-corrected chi connectivity index (χ3v) is 6.35. The van der Waals surface area contributed by atoms with E-state index in [0.717, 1.165) is 24.7 Å². The van der Waals surface area contributed by atoms with E-state index in [1.165, 1.54) is 23.4 Å². The van der Waals surface area contributed by atoms with Crippen molar-refractivity contribution < 1.29 is 19.1 Å². The molecular weight excluding hydrogens is 418 g/mol. The van der Waals surface area contributed by atoms with Crippen molar-refractivity contribution in [2.75, 3.05) is 50.7 Å². The number of hydrogen-bond donors (Lipinski definition) is 1. The van der Waals surface area contributed by atoms with Gasteiger partial charge in [-0.3, -0.25) is 14.5 Å². The highest BCUT2D eigenvalue weighted by Gasteiger charge is 2.40. The minimum absolute atomic E-state index is 0.185. The molecule has 2 aromatic rings. The average Bonchev–Trinajstić information content (AvgIpc) is 3.07. The zero-order chi connectivity index (χ0) is 23.4. The Balaban J connectivity index is 1.64. The number of nitrogens with zero attached hydrogens (tertiary/aromatic N) is 2. The Labute approximate surface area is 195 Å². The number of carbonyl (C=O) groups is 2. The van der Waals surface area contributed by atoms with Gasteiger partial charge in [0.2, 0.25) is 0 Å². The lowest BCUT2D eigenvalue weighted by Gasteiger charge is -2.32. The van der Waals surface area contributed by atoms with Gasteiger partial charge in [-0.25, -0.2) is 0 Å². The number of anilines is 2. The molecule has 7 nitrogen and oxygen atoms in total. The minimum atomic E-state index is -0.368. The number of para-hydroxylation sites is 1. The van der Waals surface area contributed by atoms with E-state index in [9.17, 15) is 9.59 Å². The van der Waals surface area contributed by atoms with Gasteiger partial charge in [-0.15, -0.1) is 0 Å². The molecule has 2 aliphatic heterocycles. The summed E-state index contributed by atoms with van der Waals surface area (Å²) in [5.41, 5.74) is 3.06. The Morgan fingerprint density at radius 3 is 2.33 bits per heavy atom. The molecule has 1 fully saturated rings. The van der Waals surface area contributed by atoms with Crippen molar-refractivity contribution >= 4 is 28.8 Å². The van der Waals surface area contributed by atoms with E-state index in [4.69, 9.17) is 9.47 Å². The Morgan fingerprint density at radius 2 is 1.67 bits per heavy atom. The molecule has 33 heavy (non-hydrogen) atoms. The summed E-state index contributed by atoms with van der Waals surface area (Å²) in [7, 11) is 3.10. The Hall–Kier alpha value is -3.32. The molecule has 2 heterocycles. The van der Waals surface area contributed by atoms with Gasteiger partial charge in [0.05, 0.1) is 25.8 Å². The molecule has 7 heteroatoms. The van der Waals surface area contributed by atoms with Crippen LogP contribution < -0.4 is 15.0 Å². The highest BCUT2D eigenvalue weighted by molar-refractivity contribution is 6.37. The second kappa shape index (κ2) is 10.1.